The first-order valence-corrected chi connectivity index (χ1v) is 11.4. The van der Waals surface area contributed by atoms with Gasteiger partial charge in [-0.2, -0.15) is 8.78 Å². The maximum absolute atomic E-state index is 12.6. The van der Waals surface area contributed by atoms with Crippen LogP contribution in [-0.2, 0) is 4.79 Å². The topological polar surface area (TPSA) is 51.7 Å². The maximum atomic E-state index is 12.6. The third kappa shape index (κ3) is 5.24. The zero-order chi connectivity index (χ0) is 22.5. The molecule has 1 saturated heterocycles. The molecule has 168 valence electrons. The van der Waals surface area contributed by atoms with Crippen molar-refractivity contribution in [2.75, 3.05) is 19.7 Å². The molecule has 0 bridgehead atoms. The molecule has 2 heterocycles. The lowest BCUT2D eigenvalue weighted by atomic mass is 9.97. The molecule has 0 spiro atoms. The molecular formula is C24H24F2N2O3S. The zero-order valence-corrected chi connectivity index (χ0v) is 18.5. The van der Waals surface area contributed by atoms with Gasteiger partial charge in [-0.25, -0.2) is 4.98 Å². The summed E-state index contributed by atoms with van der Waals surface area (Å²) < 4.78 is 36.1. The second kappa shape index (κ2) is 10.1. The Balaban J connectivity index is 1.36. The Morgan fingerprint density at radius 3 is 2.72 bits per heavy atom. The van der Waals surface area contributed by atoms with E-state index in [4.69, 9.17) is 9.72 Å². The summed E-state index contributed by atoms with van der Waals surface area (Å²) in [5.41, 5.74) is 1.71. The lowest BCUT2D eigenvalue weighted by Gasteiger charge is -2.30. The van der Waals surface area contributed by atoms with Crippen molar-refractivity contribution in [3.63, 3.8) is 0 Å². The van der Waals surface area contributed by atoms with Crippen LogP contribution in [0.3, 0.4) is 0 Å². The van der Waals surface area contributed by atoms with Gasteiger partial charge in [0, 0.05) is 25.1 Å². The summed E-state index contributed by atoms with van der Waals surface area (Å²) in [7, 11) is 0. The standard InChI is InChI=1S/C24H24F2N2O3S/c1-2-30-20-15-16(7-9-19(20)31-24(25)26)8-10-22(29)28-13-11-17(12-14-28)23-27-18-5-3-4-6-21(18)32-23/h3-10,15,17,24H,2,11-14H2,1H3/b10-8+. The Morgan fingerprint density at radius 1 is 1.22 bits per heavy atom. The summed E-state index contributed by atoms with van der Waals surface area (Å²) in [6.07, 6.45) is 4.94. The summed E-state index contributed by atoms with van der Waals surface area (Å²) in [6, 6.07) is 12.8. The van der Waals surface area contributed by atoms with Gasteiger partial charge in [-0.3, -0.25) is 4.79 Å². The highest BCUT2D eigenvalue weighted by atomic mass is 32.1. The summed E-state index contributed by atoms with van der Waals surface area (Å²) in [5, 5.41) is 1.14. The van der Waals surface area contributed by atoms with E-state index in [0.29, 0.717) is 31.2 Å². The Bertz CT molecular complexity index is 1070. The highest BCUT2D eigenvalue weighted by Crippen LogP contribution is 2.34. The van der Waals surface area contributed by atoms with Crippen LogP contribution in [0.4, 0.5) is 8.78 Å². The SMILES string of the molecule is CCOc1cc(/C=C/C(=O)N2CCC(c3nc4ccccc4s3)CC2)ccc1OC(F)F. The molecular weight excluding hydrogens is 434 g/mol. The second-order valence-corrected chi connectivity index (χ2v) is 8.53. The number of rotatable bonds is 7. The van der Waals surface area contributed by atoms with Crippen LogP contribution in [0.15, 0.2) is 48.5 Å². The number of ether oxygens (including phenoxy) is 2. The van der Waals surface area contributed by atoms with E-state index in [1.165, 1.54) is 16.8 Å². The predicted octanol–water partition coefficient (Wildman–Crippen LogP) is 5.72. The zero-order valence-electron chi connectivity index (χ0n) is 17.7. The second-order valence-electron chi connectivity index (χ2n) is 7.47. The molecule has 1 aliphatic rings. The first kappa shape index (κ1) is 22.2. The number of nitrogens with zero attached hydrogens (tertiary/aromatic N) is 2. The molecule has 2 aromatic carbocycles. The number of halogens is 2. The van der Waals surface area contributed by atoms with Crippen LogP contribution in [0.5, 0.6) is 11.5 Å². The Labute approximate surface area is 189 Å². The number of aromatic nitrogens is 1. The number of fused-ring (bicyclic) bond motifs is 1. The summed E-state index contributed by atoms with van der Waals surface area (Å²) in [5.74, 6) is 0.497. The van der Waals surface area contributed by atoms with Gasteiger partial charge in [0.15, 0.2) is 11.5 Å². The molecule has 32 heavy (non-hydrogen) atoms. The number of hydrogen-bond acceptors (Lipinski definition) is 5. The number of alkyl halides is 2. The third-order valence-electron chi connectivity index (χ3n) is 5.37. The lowest BCUT2D eigenvalue weighted by Crippen LogP contribution is -2.36. The highest BCUT2D eigenvalue weighted by Gasteiger charge is 2.25. The van der Waals surface area contributed by atoms with Gasteiger partial charge in [-0.1, -0.05) is 18.2 Å². The van der Waals surface area contributed by atoms with Gasteiger partial charge in [0.05, 0.1) is 21.8 Å². The quantitative estimate of drug-likeness (QED) is 0.425. The monoisotopic (exact) mass is 458 g/mol. The average Bonchev–Trinajstić information content (AvgIpc) is 3.23. The summed E-state index contributed by atoms with van der Waals surface area (Å²) in [4.78, 5) is 19.2. The van der Waals surface area contributed by atoms with Gasteiger partial charge < -0.3 is 14.4 Å². The van der Waals surface area contributed by atoms with Crippen LogP contribution in [0.2, 0.25) is 0 Å². The molecule has 0 aliphatic carbocycles. The molecule has 1 aromatic heterocycles. The van der Waals surface area contributed by atoms with E-state index in [2.05, 4.69) is 10.8 Å². The van der Waals surface area contributed by atoms with E-state index >= 15 is 0 Å². The number of likely N-dealkylation sites (tertiary alicyclic amines) is 1. The first-order valence-electron chi connectivity index (χ1n) is 10.6. The number of carbonyl (C=O) groups excluding carboxylic acids is 1. The van der Waals surface area contributed by atoms with E-state index < -0.39 is 6.61 Å². The van der Waals surface area contributed by atoms with Crippen LogP contribution < -0.4 is 9.47 Å². The van der Waals surface area contributed by atoms with Gasteiger partial charge in [0.25, 0.3) is 0 Å². The van der Waals surface area contributed by atoms with Gasteiger partial charge in [-0.05, 0) is 55.7 Å². The normalized spacial score (nSPS) is 15.1. The summed E-state index contributed by atoms with van der Waals surface area (Å²) in [6.45, 7) is 0.498. The molecule has 0 saturated carbocycles. The van der Waals surface area contributed by atoms with Crippen molar-refractivity contribution in [3.8, 4) is 11.5 Å². The molecule has 5 nitrogen and oxygen atoms in total. The van der Waals surface area contributed by atoms with Crippen LogP contribution in [-0.4, -0.2) is 42.1 Å². The number of para-hydroxylation sites is 1. The minimum absolute atomic E-state index is 0.0257. The Hall–Kier alpha value is -3.00. The van der Waals surface area contributed by atoms with Gasteiger partial charge in [-0.15, -0.1) is 11.3 Å². The molecule has 1 fully saturated rings. The average molecular weight is 459 g/mol. The van der Waals surface area contributed by atoms with Crippen molar-refractivity contribution in [2.45, 2.75) is 32.3 Å². The lowest BCUT2D eigenvalue weighted by molar-refractivity contribution is -0.126. The van der Waals surface area contributed by atoms with Crippen LogP contribution >= 0.6 is 11.3 Å². The molecule has 1 amide bonds. The fourth-order valence-corrected chi connectivity index (χ4v) is 4.91. The smallest absolute Gasteiger partial charge is 0.387 e. The van der Waals surface area contributed by atoms with Gasteiger partial charge in [0.1, 0.15) is 0 Å². The Kier molecular flexibility index (Phi) is 6.99. The molecule has 8 heteroatoms. The fourth-order valence-electron chi connectivity index (χ4n) is 3.77. The largest absolute Gasteiger partial charge is 0.490 e. The molecule has 0 N–H and O–H groups in total. The van der Waals surface area contributed by atoms with Gasteiger partial charge >= 0.3 is 6.61 Å². The molecule has 0 unspecified atom stereocenters. The van der Waals surface area contributed by atoms with E-state index in [9.17, 15) is 13.6 Å². The fraction of sp³-hybridized carbons (Fsp3) is 0.333. The van der Waals surface area contributed by atoms with Crippen molar-refractivity contribution in [2.24, 2.45) is 0 Å². The highest BCUT2D eigenvalue weighted by molar-refractivity contribution is 7.18. The van der Waals surface area contributed by atoms with Crippen LogP contribution in [0, 0.1) is 0 Å². The molecule has 1 aliphatic heterocycles. The minimum Gasteiger partial charge on any atom is -0.490 e. The molecule has 0 atom stereocenters. The van der Waals surface area contributed by atoms with E-state index in [1.807, 2.05) is 23.1 Å². The number of carbonyl (C=O) groups is 1. The number of piperidine rings is 1. The van der Waals surface area contributed by atoms with E-state index in [0.717, 1.165) is 23.4 Å². The van der Waals surface area contributed by atoms with Crippen molar-refractivity contribution in [1.82, 2.24) is 9.88 Å². The number of thiazole rings is 1. The van der Waals surface area contributed by atoms with Crippen molar-refractivity contribution in [3.05, 3.63) is 59.1 Å². The number of benzene rings is 2. The van der Waals surface area contributed by atoms with Crippen molar-refractivity contribution in [1.29, 1.82) is 0 Å². The van der Waals surface area contributed by atoms with Gasteiger partial charge in [0.2, 0.25) is 5.91 Å². The Morgan fingerprint density at radius 2 is 2.00 bits per heavy atom. The van der Waals surface area contributed by atoms with Crippen molar-refractivity contribution >= 4 is 33.5 Å². The summed E-state index contributed by atoms with van der Waals surface area (Å²) >= 11 is 1.73. The maximum Gasteiger partial charge on any atom is 0.387 e. The van der Waals surface area contributed by atoms with E-state index in [-0.39, 0.29) is 17.4 Å². The molecule has 3 aromatic rings. The number of amides is 1. The van der Waals surface area contributed by atoms with Crippen LogP contribution in [0.25, 0.3) is 16.3 Å². The van der Waals surface area contributed by atoms with Crippen molar-refractivity contribution < 1.29 is 23.0 Å². The molecule has 4 rings (SSSR count). The van der Waals surface area contributed by atoms with E-state index in [1.54, 1.807) is 36.5 Å². The minimum atomic E-state index is -2.93. The first-order chi connectivity index (χ1) is 15.5. The third-order valence-corrected chi connectivity index (χ3v) is 6.57. The number of hydrogen-bond donors (Lipinski definition) is 0. The predicted molar refractivity (Wildman–Crippen MR) is 121 cm³/mol. The van der Waals surface area contributed by atoms with Crippen LogP contribution in [0.1, 0.15) is 36.3 Å². The molecule has 0 radical (unpaired) electrons.